The summed E-state index contributed by atoms with van der Waals surface area (Å²) in [6.07, 6.45) is 3.29. The molecule has 0 fully saturated rings. The van der Waals surface area contributed by atoms with Gasteiger partial charge in [-0.05, 0) is 45.9 Å². The van der Waals surface area contributed by atoms with Crippen molar-refractivity contribution in [1.29, 1.82) is 0 Å². The molecule has 0 unspecified atom stereocenters. The van der Waals surface area contributed by atoms with E-state index in [1.807, 2.05) is 0 Å². The Labute approximate surface area is 111 Å². The third-order valence-electron chi connectivity index (χ3n) is 1.75. The minimum Gasteiger partial charge on any atom is -0.397 e. The van der Waals surface area contributed by atoms with Crippen LogP contribution in [0.5, 0.6) is 0 Å². The van der Waals surface area contributed by atoms with E-state index in [2.05, 4.69) is 25.9 Å². The highest BCUT2D eigenvalue weighted by Gasteiger charge is 2.08. The molecule has 0 aliphatic rings. The fourth-order valence-electron chi connectivity index (χ4n) is 1.05. The lowest BCUT2D eigenvalue weighted by Gasteiger charge is -2.04. The summed E-state index contributed by atoms with van der Waals surface area (Å²) in [5.41, 5.74) is 6.22. The first-order valence-electron chi connectivity index (χ1n) is 4.36. The second-order valence-corrected chi connectivity index (χ2v) is 5.19. The second kappa shape index (κ2) is 5.03. The van der Waals surface area contributed by atoms with Crippen molar-refractivity contribution in [3.63, 3.8) is 0 Å². The summed E-state index contributed by atoms with van der Waals surface area (Å²) in [6.45, 7) is 0. The Morgan fingerprint density at radius 2 is 2.12 bits per heavy atom. The Bertz CT molecular complexity index is 521. The Kier molecular flexibility index (Phi) is 3.68. The highest BCUT2D eigenvalue weighted by Crippen LogP contribution is 2.34. The van der Waals surface area contributed by atoms with Crippen molar-refractivity contribution in [3.05, 3.63) is 40.1 Å². The van der Waals surface area contributed by atoms with Crippen molar-refractivity contribution in [2.45, 2.75) is 10.1 Å². The van der Waals surface area contributed by atoms with E-state index in [1.54, 1.807) is 30.6 Å². The molecule has 2 aromatic heterocycles. The van der Waals surface area contributed by atoms with Gasteiger partial charge in [0, 0.05) is 6.20 Å². The molecule has 2 aromatic rings. The molecule has 16 heavy (non-hydrogen) atoms. The molecule has 2 rings (SSSR count). The van der Waals surface area contributed by atoms with Crippen LogP contribution in [0.15, 0.2) is 45.1 Å². The lowest BCUT2D eigenvalue weighted by molar-refractivity contribution is 1.08. The third-order valence-corrected chi connectivity index (χ3v) is 4.07. The molecule has 0 amide bonds. The maximum atomic E-state index is 6.01. The molecular formula is C10H7BrClN3S. The smallest absolute Gasteiger partial charge is 0.121 e. The van der Waals surface area contributed by atoms with Gasteiger partial charge in [0.25, 0.3) is 0 Å². The van der Waals surface area contributed by atoms with E-state index >= 15 is 0 Å². The van der Waals surface area contributed by atoms with E-state index in [0.717, 1.165) is 14.5 Å². The number of pyridine rings is 2. The highest BCUT2D eigenvalue weighted by molar-refractivity contribution is 9.10. The molecule has 0 aromatic carbocycles. The zero-order valence-electron chi connectivity index (χ0n) is 8.02. The van der Waals surface area contributed by atoms with E-state index in [4.69, 9.17) is 17.3 Å². The van der Waals surface area contributed by atoms with Crippen molar-refractivity contribution in [2.75, 3.05) is 5.73 Å². The fraction of sp³-hybridized carbons (Fsp3) is 0. The normalized spacial score (nSPS) is 10.4. The van der Waals surface area contributed by atoms with Gasteiger partial charge in [-0.1, -0.05) is 11.6 Å². The van der Waals surface area contributed by atoms with Crippen LogP contribution in [0.25, 0.3) is 0 Å². The average Bonchev–Trinajstić information content (AvgIpc) is 2.25. The van der Waals surface area contributed by atoms with Crippen LogP contribution in [0, 0.1) is 0 Å². The first-order valence-corrected chi connectivity index (χ1v) is 6.35. The minimum atomic E-state index is 0.609. The van der Waals surface area contributed by atoms with Gasteiger partial charge in [0.05, 0.1) is 21.4 Å². The van der Waals surface area contributed by atoms with Gasteiger partial charge in [0.1, 0.15) is 10.1 Å². The van der Waals surface area contributed by atoms with Gasteiger partial charge >= 0.3 is 0 Å². The zero-order valence-corrected chi connectivity index (χ0v) is 11.2. The highest BCUT2D eigenvalue weighted by atomic mass is 79.9. The van der Waals surface area contributed by atoms with Gasteiger partial charge in [-0.15, -0.1) is 0 Å². The molecule has 2 N–H and O–H groups in total. The monoisotopic (exact) mass is 315 g/mol. The summed E-state index contributed by atoms with van der Waals surface area (Å²) >= 11 is 10.8. The molecular weight excluding hydrogens is 310 g/mol. The van der Waals surface area contributed by atoms with Crippen molar-refractivity contribution in [1.82, 2.24) is 9.97 Å². The molecule has 6 heteroatoms. The third kappa shape index (κ3) is 2.66. The maximum absolute atomic E-state index is 6.01. The van der Waals surface area contributed by atoms with Crippen molar-refractivity contribution in [3.8, 4) is 0 Å². The Morgan fingerprint density at radius 1 is 1.31 bits per heavy atom. The number of aromatic nitrogens is 2. The average molecular weight is 317 g/mol. The van der Waals surface area contributed by atoms with Crippen LogP contribution >= 0.6 is 39.3 Å². The summed E-state index contributed by atoms with van der Waals surface area (Å²) in [4.78, 5) is 8.38. The van der Waals surface area contributed by atoms with Crippen molar-refractivity contribution >= 4 is 45.0 Å². The Morgan fingerprint density at radius 3 is 2.81 bits per heavy atom. The molecule has 0 saturated heterocycles. The van der Waals surface area contributed by atoms with E-state index in [0.29, 0.717) is 10.7 Å². The number of halogens is 2. The molecule has 3 nitrogen and oxygen atoms in total. The van der Waals surface area contributed by atoms with E-state index in [1.165, 1.54) is 11.8 Å². The fourth-order valence-corrected chi connectivity index (χ4v) is 2.62. The molecule has 0 aliphatic carbocycles. The first-order chi connectivity index (χ1) is 7.66. The van der Waals surface area contributed by atoms with Crippen molar-refractivity contribution < 1.29 is 0 Å². The zero-order chi connectivity index (χ0) is 11.5. The SMILES string of the molecule is Nc1cnc(Sc2ncccc2Cl)c(Br)c1. The standard InChI is InChI=1S/C10H7BrClN3S/c11-7-4-6(13)5-15-9(7)16-10-8(12)2-1-3-14-10/h1-5H,13H2. The van der Waals surface area contributed by atoms with Crippen LogP contribution in [0.3, 0.4) is 0 Å². The molecule has 0 spiro atoms. The summed E-state index contributed by atoms with van der Waals surface area (Å²) in [6, 6.07) is 5.38. The Balaban J connectivity index is 2.31. The molecule has 82 valence electrons. The molecule has 0 aliphatic heterocycles. The van der Waals surface area contributed by atoms with Crippen LogP contribution in [0.2, 0.25) is 5.02 Å². The number of hydrogen-bond donors (Lipinski definition) is 1. The predicted molar refractivity (Wildman–Crippen MR) is 69.7 cm³/mol. The lowest BCUT2D eigenvalue weighted by atomic mass is 10.4. The van der Waals surface area contributed by atoms with Gasteiger partial charge in [-0.3, -0.25) is 0 Å². The number of anilines is 1. The molecule has 0 radical (unpaired) electrons. The largest absolute Gasteiger partial charge is 0.397 e. The topological polar surface area (TPSA) is 51.8 Å². The van der Waals surface area contributed by atoms with Gasteiger partial charge in [0.15, 0.2) is 0 Å². The first kappa shape index (κ1) is 11.7. The van der Waals surface area contributed by atoms with Gasteiger partial charge in [-0.25, -0.2) is 9.97 Å². The van der Waals surface area contributed by atoms with Crippen LogP contribution in [-0.2, 0) is 0 Å². The van der Waals surface area contributed by atoms with Gasteiger partial charge < -0.3 is 5.73 Å². The van der Waals surface area contributed by atoms with Crippen LogP contribution < -0.4 is 5.73 Å². The second-order valence-electron chi connectivity index (χ2n) is 2.95. The van der Waals surface area contributed by atoms with E-state index in [9.17, 15) is 0 Å². The van der Waals surface area contributed by atoms with E-state index < -0.39 is 0 Å². The summed E-state index contributed by atoms with van der Waals surface area (Å²) in [5, 5.41) is 2.12. The number of hydrogen-bond acceptors (Lipinski definition) is 4. The summed E-state index contributed by atoms with van der Waals surface area (Å²) < 4.78 is 0.833. The van der Waals surface area contributed by atoms with Crippen LogP contribution in [-0.4, -0.2) is 9.97 Å². The van der Waals surface area contributed by atoms with Crippen molar-refractivity contribution in [2.24, 2.45) is 0 Å². The lowest BCUT2D eigenvalue weighted by Crippen LogP contribution is -1.89. The Hall–Kier alpha value is -0.780. The number of nitrogens with zero attached hydrogens (tertiary/aromatic N) is 2. The van der Waals surface area contributed by atoms with Gasteiger partial charge in [-0.2, -0.15) is 0 Å². The van der Waals surface area contributed by atoms with Gasteiger partial charge in [0.2, 0.25) is 0 Å². The maximum Gasteiger partial charge on any atom is 0.121 e. The van der Waals surface area contributed by atoms with Crippen LogP contribution in [0.4, 0.5) is 5.69 Å². The number of rotatable bonds is 2. The summed E-state index contributed by atoms with van der Waals surface area (Å²) in [7, 11) is 0. The number of nitrogens with two attached hydrogens (primary N) is 1. The van der Waals surface area contributed by atoms with Crippen LogP contribution in [0.1, 0.15) is 0 Å². The molecule has 0 atom stereocenters. The molecule has 0 saturated carbocycles. The van der Waals surface area contributed by atoms with E-state index in [-0.39, 0.29) is 0 Å². The quantitative estimate of drug-likeness (QED) is 0.919. The molecule has 0 bridgehead atoms. The minimum absolute atomic E-state index is 0.609. The number of nitrogen functional groups attached to an aromatic ring is 1. The molecule has 2 heterocycles. The summed E-state index contributed by atoms with van der Waals surface area (Å²) in [5.74, 6) is 0. The predicted octanol–water partition coefficient (Wildman–Crippen LogP) is 3.63.